The highest BCUT2D eigenvalue weighted by molar-refractivity contribution is 6.33. The number of nitrogens with zero attached hydrogens (tertiary/aromatic N) is 1. The molecule has 1 saturated heterocycles. The van der Waals surface area contributed by atoms with Crippen LogP contribution in [0.4, 0.5) is 5.69 Å². The number of ether oxygens (including phenoxy) is 1. The Kier molecular flexibility index (Phi) is 7.40. The predicted molar refractivity (Wildman–Crippen MR) is 119 cm³/mol. The van der Waals surface area contributed by atoms with Gasteiger partial charge in [0.15, 0.2) is 0 Å². The summed E-state index contributed by atoms with van der Waals surface area (Å²) >= 11 is 6.25. The number of hydrogen-bond acceptors (Lipinski definition) is 4. The van der Waals surface area contributed by atoms with Crippen LogP contribution in [0.25, 0.3) is 0 Å². The van der Waals surface area contributed by atoms with E-state index in [4.69, 9.17) is 16.3 Å². The molecule has 0 saturated carbocycles. The molecule has 0 spiro atoms. The average Bonchev–Trinajstić information content (AvgIpc) is 3.07. The topological polar surface area (TPSA) is 53.6 Å². The van der Waals surface area contributed by atoms with Gasteiger partial charge in [0.1, 0.15) is 5.75 Å². The summed E-state index contributed by atoms with van der Waals surface area (Å²) in [6.07, 6.45) is 2.09. The molecule has 2 N–H and O–H groups in total. The third-order valence-corrected chi connectivity index (χ3v) is 5.84. The molecule has 1 fully saturated rings. The van der Waals surface area contributed by atoms with Crippen molar-refractivity contribution in [1.82, 2.24) is 10.2 Å². The first kappa shape index (κ1) is 21.5. The van der Waals surface area contributed by atoms with Crippen molar-refractivity contribution in [2.45, 2.75) is 32.4 Å². The lowest BCUT2D eigenvalue weighted by Gasteiger charge is -2.24. The van der Waals surface area contributed by atoms with Gasteiger partial charge in [0, 0.05) is 38.8 Å². The van der Waals surface area contributed by atoms with Gasteiger partial charge in [-0.2, -0.15) is 0 Å². The molecule has 1 aliphatic rings. The van der Waals surface area contributed by atoms with Crippen molar-refractivity contribution in [2.75, 3.05) is 32.6 Å². The minimum atomic E-state index is -0.160. The van der Waals surface area contributed by atoms with Crippen molar-refractivity contribution in [1.29, 1.82) is 0 Å². The van der Waals surface area contributed by atoms with Crippen molar-refractivity contribution < 1.29 is 9.53 Å². The summed E-state index contributed by atoms with van der Waals surface area (Å²) in [6, 6.07) is 14.4. The number of carbonyl (C=O) groups excluding carboxylic acids is 1. The van der Waals surface area contributed by atoms with Crippen LogP contribution in [0.1, 0.15) is 35.7 Å². The van der Waals surface area contributed by atoms with Crippen LogP contribution in [-0.2, 0) is 6.54 Å². The molecule has 0 aliphatic carbocycles. The third-order valence-electron chi connectivity index (χ3n) is 5.53. The first-order valence-corrected chi connectivity index (χ1v) is 10.5. The van der Waals surface area contributed by atoms with E-state index in [0.29, 0.717) is 34.8 Å². The average molecular weight is 416 g/mol. The number of benzene rings is 2. The quantitative estimate of drug-likeness (QED) is 0.670. The van der Waals surface area contributed by atoms with Crippen LogP contribution in [0, 0.1) is 5.92 Å². The number of halogens is 1. The second kappa shape index (κ2) is 9.99. The minimum Gasteiger partial charge on any atom is -0.496 e. The molecular weight excluding hydrogens is 386 g/mol. The van der Waals surface area contributed by atoms with Crippen LogP contribution in [0.2, 0.25) is 5.02 Å². The molecule has 1 heterocycles. The highest BCUT2D eigenvalue weighted by atomic mass is 35.5. The highest BCUT2D eigenvalue weighted by Crippen LogP contribution is 2.31. The maximum absolute atomic E-state index is 12.7. The fourth-order valence-corrected chi connectivity index (χ4v) is 4.35. The van der Waals surface area contributed by atoms with E-state index in [1.807, 2.05) is 6.07 Å². The number of carbonyl (C=O) groups is 1. The lowest BCUT2D eigenvalue weighted by molar-refractivity contribution is 0.0946. The second-order valence-electron chi connectivity index (χ2n) is 7.74. The van der Waals surface area contributed by atoms with Gasteiger partial charge in [-0.3, -0.25) is 9.69 Å². The molecular formula is C23H30ClN3O2. The Balaban J connectivity index is 1.58. The lowest BCUT2D eigenvalue weighted by Crippen LogP contribution is -2.33. The van der Waals surface area contributed by atoms with E-state index in [0.717, 1.165) is 31.6 Å². The molecule has 1 aliphatic heterocycles. The zero-order valence-electron chi connectivity index (χ0n) is 17.4. The van der Waals surface area contributed by atoms with E-state index in [-0.39, 0.29) is 5.91 Å². The van der Waals surface area contributed by atoms with Crippen molar-refractivity contribution in [2.24, 2.45) is 5.92 Å². The number of amides is 1. The molecule has 3 rings (SSSR count). The first-order chi connectivity index (χ1) is 14.0. The smallest absolute Gasteiger partial charge is 0.255 e. The SMILES string of the molecule is CNc1cc(OC)c(C(=O)NCCC2C[C@@H](C)CN2Cc2ccccc2)cc1Cl. The van der Waals surface area contributed by atoms with Gasteiger partial charge in [0.2, 0.25) is 0 Å². The number of methoxy groups -OCH3 is 1. The molecule has 29 heavy (non-hydrogen) atoms. The Morgan fingerprint density at radius 3 is 2.72 bits per heavy atom. The molecule has 156 valence electrons. The monoisotopic (exact) mass is 415 g/mol. The predicted octanol–water partition coefficient (Wildman–Crippen LogP) is 4.42. The summed E-state index contributed by atoms with van der Waals surface area (Å²) in [7, 11) is 3.34. The fraction of sp³-hybridized carbons (Fsp3) is 0.435. The zero-order valence-corrected chi connectivity index (χ0v) is 18.1. The van der Waals surface area contributed by atoms with Gasteiger partial charge in [-0.15, -0.1) is 0 Å². The van der Waals surface area contributed by atoms with Gasteiger partial charge >= 0.3 is 0 Å². The Hall–Kier alpha value is -2.24. The largest absolute Gasteiger partial charge is 0.496 e. The summed E-state index contributed by atoms with van der Waals surface area (Å²) < 4.78 is 5.37. The van der Waals surface area contributed by atoms with Crippen molar-refractivity contribution in [3.8, 4) is 5.75 Å². The van der Waals surface area contributed by atoms with E-state index in [9.17, 15) is 4.79 Å². The van der Waals surface area contributed by atoms with E-state index in [1.165, 1.54) is 5.56 Å². The molecule has 0 aromatic heterocycles. The molecule has 2 aromatic rings. The number of hydrogen-bond donors (Lipinski definition) is 2. The molecule has 1 amide bonds. The Bertz CT molecular complexity index is 828. The Labute approximate surface area is 178 Å². The van der Waals surface area contributed by atoms with Gasteiger partial charge in [0.05, 0.1) is 23.4 Å². The Morgan fingerprint density at radius 2 is 2.03 bits per heavy atom. The maximum Gasteiger partial charge on any atom is 0.255 e. The first-order valence-electron chi connectivity index (χ1n) is 10.1. The standard InChI is InChI=1S/C23H30ClN3O2/c1-16-11-18(27(14-16)15-17-7-5-4-6-8-17)9-10-26-23(28)19-12-20(24)21(25-2)13-22(19)29-3/h4-8,12-13,16,18,25H,9-11,14-15H2,1-3H3,(H,26,28)/t16-,18?/m1/s1. The van der Waals surface area contributed by atoms with E-state index < -0.39 is 0 Å². The van der Waals surface area contributed by atoms with E-state index in [2.05, 4.69) is 46.7 Å². The van der Waals surface area contributed by atoms with Crippen LogP contribution < -0.4 is 15.4 Å². The Morgan fingerprint density at radius 1 is 1.28 bits per heavy atom. The fourth-order valence-electron chi connectivity index (χ4n) is 4.09. The number of anilines is 1. The van der Waals surface area contributed by atoms with Crippen molar-refractivity contribution in [3.63, 3.8) is 0 Å². The summed E-state index contributed by atoms with van der Waals surface area (Å²) in [5.41, 5.74) is 2.52. The normalized spacial score (nSPS) is 19.2. The summed E-state index contributed by atoms with van der Waals surface area (Å²) in [5, 5.41) is 6.53. The van der Waals surface area contributed by atoms with Crippen molar-refractivity contribution >= 4 is 23.2 Å². The van der Waals surface area contributed by atoms with Crippen LogP contribution in [-0.4, -0.2) is 44.1 Å². The maximum atomic E-state index is 12.7. The van der Waals surface area contributed by atoms with Gasteiger partial charge < -0.3 is 15.4 Å². The molecule has 0 bridgehead atoms. The molecule has 1 unspecified atom stereocenters. The van der Waals surface area contributed by atoms with Gasteiger partial charge in [-0.05, 0) is 30.4 Å². The van der Waals surface area contributed by atoms with Crippen LogP contribution in [0.3, 0.4) is 0 Å². The van der Waals surface area contributed by atoms with Crippen LogP contribution >= 0.6 is 11.6 Å². The van der Waals surface area contributed by atoms with Crippen LogP contribution in [0.5, 0.6) is 5.75 Å². The molecule has 2 aromatic carbocycles. The van der Waals surface area contributed by atoms with Gasteiger partial charge in [-0.1, -0.05) is 48.9 Å². The van der Waals surface area contributed by atoms with Crippen molar-refractivity contribution in [3.05, 3.63) is 58.6 Å². The van der Waals surface area contributed by atoms with E-state index >= 15 is 0 Å². The second-order valence-corrected chi connectivity index (χ2v) is 8.14. The zero-order chi connectivity index (χ0) is 20.8. The summed E-state index contributed by atoms with van der Waals surface area (Å²) in [6.45, 7) is 4.98. The number of rotatable bonds is 8. The van der Waals surface area contributed by atoms with Gasteiger partial charge in [-0.25, -0.2) is 0 Å². The lowest BCUT2D eigenvalue weighted by atomic mass is 10.1. The molecule has 5 nitrogen and oxygen atoms in total. The highest BCUT2D eigenvalue weighted by Gasteiger charge is 2.29. The van der Waals surface area contributed by atoms with E-state index in [1.54, 1.807) is 26.3 Å². The van der Waals surface area contributed by atoms with Crippen LogP contribution in [0.15, 0.2) is 42.5 Å². The number of likely N-dealkylation sites (tertiary alicyclic amines) is 1. The summed E-state index contributed by atoms with van der Waals surface area (Å²) in [5.74, 6) is 1.02. The molecule has 2 atom stereocenters. The summed E-state index contributed by atoms with van der Waals surface area (Å²) in [4.78, 5) is 15.2. The number of nitrogens with one attached hydrogen (secondary N) is 2. The molecule has 0 radical (unpaired) electrons. The minimum absolute atomic E-state index is 0.160. The third kappa shape index (κ3) is 5.43. The molecule has 6 heteroatoms. The van der Waals surface area contributed by atoms with Gasteiger partial charge in [0.25, 0.3) is 5.91 Å².